The molecule has 0 aromatic carbocycles. The molecule has 4 heterocycles. The molecule has 0 aliphatic heterocycles. The molecule has 0 saturated heterocycles. The number of Topliss-reactive ketones (excluding diaryl/α,β-unsaturated/α-hetero) is 1. The average molecular weight is 611 g/mol. The Morgan fingerprint density at radius 1 is 1.02 bits per heavy atom. The number of nitrogens with zero attached hydrogens (tertiary/aromatic N) is 6. The molecule has 228 valence electrons. The predicted octanol–water partition coefficient (Wildman–Crippen LogP) is 6.29. The number of pyridine rings is 1. The number of carbonyl (C=O) groups excluding carboxylic acids is 2. The maximum Gasteiger partial charge on any atom is 0.217 e. The molecule has 0 radical (unpaired) electrons. The van der Waals surface area contributed by atoms with Crippen molar-refractivity contribution in [2.75, 3.05) is 5.32 Å². The van der Waals surface area contributed by atoms with Gasteiger partial charge in [0.1, 0.15) is 16.9 Å². The van der Waals surface area contributed by atoms with Crippen LogP contribution in [0.25, 0.3) is 27.5 Å². The second-order valence-corrected chi connectivity index (χ2v) is 13.2. The lowest BCUT2D eigenvalue weighted by molar-refractivity contribution is -0.120. The molecule has 0 spiro atoms. The smallest absolute Gasteiger partial charge is 0.217 e. The highest BCUT2D eigenvalue weighted by atomic mass is 32.1. The van der Waals surface area contributed by atoms with Crippen LogP contribution < -0.4 is 10.6 Å². The summed E-state index contributed by atoms with van der Waals surface area (Å²) >= 11 is 1.63. The topological polar surface area (TPSA) is 138 Å². The van der Waals surface area contributed by atoms with Gasteiger partial charge in [-0.25, -0.2) is 4.52 Å². The van der Waals surface area contributed by atoms with Gasteiger partial charge in [-0.1, -0.05) is 18.3 Å². The molecule has 6 rings (SSSR count). The zero-order valence-corrected chi connectivity index (χ0v) is 26.1. The number of ketones is 1. The molecule has 0 bridgehead atoms. The summed E-state index contributed by atoms with van der Waals surface area (Å²) in [7, 11) is 0. The summed E-state index contributed by atoms with van der Waals surface area (Å²) in [6.45, 7) is 3.52. The molecule has 0 atom stereocenters. The van der Waals surface area contributed by atoms with E-state index in [1.54, 1.807) is 24.5 Å². The number of fused-ring (bicyclic) bond motifs is 1. The molecule has 2 fully saturated rings. The normalized spacial score (nSPS) is 21.9. The van der Waals surface area contributed by atoms with Crippen LogP contribution in [0, 0.1) is 17.2 Å². The van der Waals surface area contributed by atoms with Gasteiger partial charge in [-0.3, -0.25) is 14.6 Å². The quantitative estimate of drug-likeness (QED) is 0.226. The molecule has 4 aromatic rings. The third-order valence-electron chi connectivity index (χ3n) is 9.07. The third-order valence-corrected chi connectivity index (χ3v) is 10.2. The Morgan fingerprint density at radius 2 is 1.80 bits per heavy atom. The minimum Gasteiger partial charge on any atom is -0.382 e. The fourth-order valence-corrected chi connectivity index (χ4v) is 7.65. The number of nitriles is 1. The molecular weight excluding hydrogens is 572 g/mol. The molecule has 2 aliphatic carbocycles. The highest BCUT2D eigenvalue weighted by Crippen LogP contribution is 2.40. The molecule has 4 aromatic heterocycles. The van der Waals surface area contributed by atoms with E-state index in [9.17, 15) is 14.9 Å². The fraction of sp³-hybridized carbons (Fsp3) is 0.485. The van der Waals surface area contributed by atoms with Crippen molar-refractivity contribution in [2.24, 2.45) is 5.92 Å². The SMILES string of the molecule is CCC(=O)CC1CCC(Nc2cc(-c3ccc4cc(C#N)cnn34)ncc2-c2nnc(C3CCC(NC(C)=O)CC3)s2)CC1. The zero-order chi connectivity index (χ0) is 30.6. The standard InChI is InChI=1S/C33H38N8O2S/c1-3-27(43)15-21-4-8-25(9-5-21)38-29-16-30(31-13-12-26-14-22(17-34)18-36-41(26)31)35-19-28(29)33-40-39-32(44-33)23-6-10-24(11-7-23)37-20(2)42/h12-14,16,18-19,21,23-25H,3-11,15H2,1-2H3,(H,35,38)(H,37,42). The predicted molar refractivity (Wildman–Crippen MR) is 170 cm³/mol. The van der Waals surface area contributed by atoms with Crippen molar-refractivity contribution in [3.8, 4) is 28.0 Å². The van der Waals surface area contributed by atoms with Crippen molar-refractivity contribution in [1.29, 1.82) is 5.26 Å². The molecule has 2 N–H and O–H groups in total. The lowest BCUT2D eigenvalue weighted by Crippen LogP contribution is -2.35. The van der Waals surface area contributed by atoms with Crippen molar-refractivity contribution in [1.82, 2.24) is 30.1 Å². The van der Waals surface area contributed by atoms with Gasteiger partial charge in [-0.15, -0.1) is 10.2 Å². The minimum absolute atomic E-state index is 0.0291. The van der Waals surface area contributed by atoms with Crippen LogP contribution in [-0.4, -0.2) is 48.6 Å². The highest BCUT2D eigenvalue weighted by Gasteiger charge is 2.27. The first kappa shape index (κ1) is 29.9. The van der Waals surface area contributed by atoms with Crippen molar-refractivity contribution in [2.45, 2.75) is 96.1 Å². The van der Waals surface area contributed by atoms with Gasteiger partial charge in [-0.05, 0) is 81.5 Å². The van der Waals surface area contributed by atoms with Crippen LogP contribution in [0.2, 0.25) is 0 Å². The molecular formula is C33H38N8O2S. The molecule has 2 aliphatic rings. The van der Waals surface area contributed by atoms with Crippen LogP contribution in [0.4, 0.5) is 5.69 Å². The van der Waals surface area contributed by atoms with E-state index in [1.807, 2.05) is 35.8 Å². The maximum absolute atomic E-state index is 12.0. The van der Waals surface area contributed by atoms with Crippen molar-refractivity contribution in [3.63, 3.8) is 0 Å². The summed E-state index contributed by atoms with van der Waals surface area (Å²) in [5.41, 5.74) is 4.85. The molecule has 11 heteroatoms. The number of anilines is 1. The Bertz CT molecular complexity index is 1690. The zero-order valence-electron chi connectivity index (χ0n) is 25.3. The van der Waals surface area contributed by atoms with Crippen LogP contribution in [0.15, 0.2) is 36.7 Å². The molecule has 2 saturated carbocycles. The van der Waals surface area contributed by atoms with Crippen LogP contribution in [-0.2, 0) is 9.59 Å². The van der Waals surface area contributed by atoms with E-state index in [0.29, 0.717) is 36.0 Å². The summed E-state index contributed by atoms with van der Waals surface area (Å²) in [6, 6.07) is 10.5. The number of nitrogens with one attached hydrogen (secondary N) is 2. The van der Waals surface area contributed by atoms with E-state index >= 15 is 0 Å². The molecule has 44 heavy (non-hydrogen) atoms. The van der Waals surface area contributed by atoms with E-state index in [0.717, 1.165) is 89.5 Å². The van der Waals surface area contributed by atoms with Gasteiger partial charge >= 0.3 is 0 Å². The Kier molecular flexibility index (Phi) is 8.98. The maximum atomic E-state index is 12.0. The first-order valence-corrected chi connectivity index (χ1v) is 16.5. The summed E-state index contributed by atoms with van der Waals surface area (Å²) < 4.78 is 1.81. The van der Waals surface area contributed by atoms with Gasteiger partial charge in [0, 0.05) is 49.7 Å². The van der Waals surface area contributed by atoms with Gasteiger partial charge < -0.3 is 10.6 Å². The Balaban J connectivity index is 1.26. The van der Waals surface area contributed by atoms with Gasteiger partial charge in [-0.2, -0.15) is 10.4 Å². The summed E-state index contributed by atoms with van der Waals surface area (Å²) in [4.78, 5) is 28.4. The number of hydrogen-bond acceptors (Lipinski definition) is 9. The van der Waals surface area contributed by atoms with Crippen molar-refractivity contribution in [3.05, 3.63) is 47.2 Å². The van der Waals surface area contributed by atoms with Crippen molar-refractivity contribution >= 4 is 34.2 Å². The number of carbonyl (C=O) groups is 2. The number of hydrogen-bond donors (Lipinski definition) is 2. The van der Waals surface area contributed by atoms with Gasteiger partial charge in [0.2, 0.25) is 5.91 Å². The van der Waals surface area contributed by atoms with Gasteiger partial charge in [0.05, 0.1) is 34.2 Å². The van der Waals surface area contributed by atoms with Gasteiger partial charge in [0.15, 0.2) is 5.01 Å². The van der Waals surface area contributed by atoms with E-state index < -0.39 is 0 Å². The Hall–Kier alpha value is -4.17. The number of amides is 1. The lowest BCUT2D eigenvalue weighted by atomic mass is 9.82. The molecule has 0 unspecified atom stereocenters. The lowest BCUT2D eigenvalue weighted by Gasteiger charge is -2.30. The van der Waals surface area contributed by atoms with Crippen LogP contribution in [0.1, 0.15) is 94.5 Å². The summed E-state index contributed by atoms with van der Waals surface area (Å²) in [5, 5.41) is 31.8. The first-order valence-electron chi connectivity index (χ1n) is 15.7. The van der Waals surface area contributed by atoms with E-state index in [1.165, 1.54) is 0 Å². The summed E-state index contributed by atoms with van der Waals surface area (Å²) in [6.07, 6.45) is 12.7. The number of aromatic nitrogens is 5. The molecule has 10 nitrogen and oxygen atoms in total. The molecule has 1 amide bonds. The number of rotatable bonds is 9. The van der Waals surface area contributed by atoms with Crippen LogP contribution >= 0.6 is 11.3 Å². The van der Waals surface area contributed by atoms with Crippen molar-refractivity contribution < 1.29 is 9.59 Å². The first-order chi connectivity index (χ1) is 21.4. The van der Waals surface area contributed by atoms with Crippen LogP contribution in [0.3, 0.4) is 0 Å². The van der Waals surface area contributed by atoms with E-state index in [-0.39, 0.29) is 18.0 Å². The Labute approximate surface area is 261 Å². The minimum atomic E-state index is 0.0291. The highest BCUT2D eigenvalue weighted by molar-refractivity contribution is 7.14. The fourth-order valence-electron chi connectivity index (χ4n) is 6.62. The summed E-state index contributed by atoms with van der Waals surface area (Å²) in [5.74, 6) is 1.19. The average Bonchev–Trinajstić information content (AvgIpc) is 3.69. The Morgan fingerprint density at radius 3 is 2.52 bits per heavy atom. The van der Waals surface area contributed by atoms with Gasteiger partial charge in [0.25, 0.3) is 0 Å². The third kappa shape index (κ3) is 6.65. The second-order valence-electron chi connectivity index (χ2n) is 12.2. The van der Waals surface area contributed by atoms with Crippen LogP contribution in [0.5, 0.6) is 0 Å². The van der Waals surface area contributed by atoms with E-state index in [4.69, 9.17) is 4.98 Å². The van der Waals surface area contributed by atoms with E-state index in [2.05, 4.69) is 38.1 Å². The monoisotopic (exact) mass is 610 g/mol. The largest absolute Gasteiger partial charge is 0.382 e. The second kappa shape index (κ2) is 13.2.